The number of halogens is 1. The van der Waals surface area contributed by atoms with E-state index in [1.165, 1.54) is 10.9 Å². The SMILES string of the molecule is CCn1ncc(N2CCNCC2C(N)=O)c(Cl)c1=O. The lowest BCUT2D eigenvalue weighted by Gasteiger charge is -2.36. The molecule has 1 fully saturated rings. The number of carbonyl (C=O) groups is 1. The Morgan fingerprint density at radius 2 is 2.42 bits per heavy atom. The van der Waals surface area contributed by atoms with Gasteiger partial charge in [0.25, 0.3) is 5.56 Å². The van der Waals surface area contributed by atoms with E-state index in [9.17, 15) is 9.59 Å². The molecular weight excluding hydrogens is 270 g/mol. The molecule has 1 amide bonds. The molecule has 19 heavy (non-hydrogen) atoms. The second-order valence-corrected chi connectivity index (χ2v) is 4.66. The molecule has 0 spiro atoms. The lowest BCUT2D eigenvalue weighted by Crippen LogP contribution is -2.57. The second kappa shape index (κ2) is 5.58. The van der Waals surface area contributed by atoms with E-state index in [0.717, 1.165) is 0 Å². The summed E-state index contributed by atoms with van der Waals surface area (Å²) in [6, 6.07) is -0.523. The number of primary amides is 1. The molecule has 0 aliphatic carbocycles. The number of anilines is 1. The van der Waals surface area contributed by atoms with Gasteiger partial charge in [-0.1, -0.05) is 11.6 Å². The summed E-state index contributed by atoms with van der Waals surface area (Å²) in [6.07, 6.45) is 1.51. The van der Waals surface area contributed by atoms with Gasteiger partial charge in [-0.3, -0.25) is 9.59 Å². The van der Waals surface area contributed by atoms with E-state index in [-0.39, 0.29) is 10.6 Å². The van der Waals surface area contributed by atoms with Gasteiger partial charge in [0.2, 0.25) is 5.91 Å². The van der Waals surface area contributed by atoms with E-state index < -0.39 is 11.9 Å². The molecule has 1 unspecified atom stereocenters. The van der Waals surface area contributed by atoms with Crippen molar-refractivity contribution in [2.45, 2.75) is 19.5 Å². The highest BCUT2D eigenvalue weighted by Gasteiger charge is 2.29. The Bertz CT molecular complexity index is 544. The number of aromatic nitrogens is 2. The van der Waals surface area contributed by atoms with E-state index >= 15 is 0 Å². The molecule has 0 aromatic carbocycles. The van der Waals surface area contributed by atoms with Crippen LogP contribution in [0.3, 0.4) is 0 Å². The minimum Gasteiger partial charge on any atom is -0.368 e. The maximum Gasteiger partial charge on any atom is 0.287 e. The van der Waals surface area contributed by atoms with Crippen molar-refractivity contribution in [3.8, 4) is 0 Å². The van der Waals surface area contributed by atoms with E-state index in [4.69, 9.17) is 17.3 Å². The van der Waals surface area contributed by atoms with Crippen LogP contribution in [0.1, 0.15) is 6.92 Å². The lowest BCUT2D eigenvalue weighted by atomic mass is 10.1. The van der Waals surface area contributed by atoms with Crippen LogP contribution in [0.25, 0.3) is 0 Å². The third kappa shape index (κ3) is 2.57. The summed E-state index contributed by atoms with van der Waals surface area (Å²) in [4.78, 5) is 25.1. The molecule has 104 valence electrons. The van der Waals surface area contributed by atoms with Crippen molar-refractivity contribution >= 4 is 23.2 Å². The predicted molar refractivity (Wildman–Crippen MR) is 72.4 cm³/mol. The first-order valence-corrected chi connectivity index (χ1v) is 6.46. The molecule has 0 saturated carbocycles. The Kier molecular flexibility index (Phi) is 4.06. The van der Waals surface area contributed by atoms with Crippen LogP contribution in [-0.2, 0) is 11.3 Å². The third-order valence-corrected chi connectivity index (χ3v) is 3.50. The highest BCUT2D eigenvalue weighted by atomic mass is 35.5. The molecule has 1 aromatic heterocycles. The zero-order chi connectivity index (χ0) is 14.0. The molecule has 1 aliphatic heterocycles. The third-order valence-electron chi connectivity index (χ3n) is 3.15. The highest BCUT2D eigenvalue weighted by Crippen LogP contribution is 2.23. The van der Waals surface area contributed by atoms with Crippen LogP contribution in [0.2, 0.25) is 5.02 Å². The summed E-state index contributed by atoms with van der Waals surface area (Å²) in [5, 5.41) is 7.19. The van der Waals surface area contributed by atoms with Gasteiger partial charge in [0.05, 0.1) is 11.9 Å². The molecule has 1 saturated heterocycles. The number of rotatable bonds is 3. The number of hydrogen-bond donors (Lipinski definition) is 2. The van der Waals surface area contributed by atoms with Crippen molar-refractivity contribution in [2.75, 3.05) is 24.5 Å². The number of amides is 1. The van der Waals surface area contributed by atoms with Crippen LogP contribution >= 0.6 is 11.6 Å². The standard InChI is InChI=1S/C11H16ClN5O2/c1-2-17-11(19)9(12)7(6-15-17)16-4-3-14-5-8(16)10(13)18/h6,8,14H,2-5H2,1H3,(H2,13,18). The van der Waals surface area contributed by atoms with Crippen LogP contribution in [0.4, 0.5) is 5.69 Å². The molecule has 2 rings (SSSR count). The molecule has 3 N–H and O–H groups in total. The Hall–Kier alpha value is -1.60. The largest absolute Gasteiger partial charge is 0.368 e. The van der Waals surface area contributed by atoms with E-state index in [1.807, 2.05) is 0 Å². The Labute approximate surface area is 115 Å². The Morgan fingerprint density at radius 1 is 1.68 bits per heavy atom. The highest BCUT2D eigenvalue weighted by molar-refractivity contribution is 6.33. The molecule has 0 radical (unpaired) electrons. The zero-order valence-corrected chi connectivity index (χ0v) is 11.4. The van der Waals surface area contributed by atoms with Gasteiger partial charge in [0, 0.05) is 26.2 Å². The number of carbonyl (C=O) groups excluding carboxylic acids is 1. The predicted octanol–water partition coefficient (Wildman–Crippen LogP) is -0.820. The summed E-state index contributed by atoms with van der Waals surface area (Å²) in [5.74, 6) is -0.456. The van der Waals surface area contributed by atoms with Crippen molar-refractivity contribution in [1.82, 2.24) is 15.1 Å². The fourth-order valence-electron chi connectivity index (χ4n) is 2.13. The van der Waals surface area contributed by atoms with Crippen molar-refractivity contribution in [2.24, 2.45) is 5.73 Å². The fraction of sp³-hybridized carbons (Fsp3) is 0.545. The van der Waals surface area contributed by atoms with Crippen molar-refractivity contribution in [3.05, 3.63) is 21.6 Å². The maximum absolute atomic E-state index is 11.9. The first kappa shape index (κ1) is 13.8. The van der Waals surface area contributed by atoms with Gasteiger partial charge in [-0.25, -0.2) is 4.68 Å². The number of piperazine rings is 1. The summed E-state index contributed by atoms with van der Waals surface area (Å²) < 4.78 is 1.27. The number of aryl methyl sites for hydroxylation is 1. The number of nitrogens with two attached hydrogens (primary N) is 1. The maximum atomic E-state index is 11.9. The van der Waals surface area contributed by atoms with E-state index in [0.29, 0.717) is 31.9 Å². The number of hydrogen-bond acceptors (Lipinski definition) is 5. The van der Waals surface area contributed by atoms with Crippen LogP contribution in [0, 0.1) is 0 Å². The normalized spacial score (nSPS) is 19.5. The minimum atomic E-state index is -0.523. The summed E-state index contributed by atoms with van der Waals surface area (Å²) >= 11 is 6.09. The van der Waals surface area contributed by atoms with Gasteiger partial charge in [-0.05, 0) is 6.92 Å². The second-order valence-electron chi connectivity index (χ2n) is 4.28. The molecule has 1 atom stereocenters. The summed E-state index contributed by atoms with van der Waals surface area (Å²) in [5.41, 5.74) is 5.47. The number of nitrogens with one attached hydrogen (secondary N) is 1. The number of nitrogens with zero attached hydrogens (tertiary/aromatic N) is 3. The van der Waals surface area contributed by atoms with Crippen LogP contribution in [-0.4, -0.2) is 41.4 Å². The smallest absolute Gasteiger partial charge is 0.287 e. The van der Waals surface area contributed by atoms with Crippen LogP contribution in [0.5, 0.6) is 0 Å². The van der Waals surface area contributed by atoms with Gasteiger partial charge >= 0.3 is 0 Å². The average Bonchev–Trinajstić information content (AvgIpc) is 2.42. The van der Waals surface area contributed by atoms with Gasteiger partial charge in [-0.15, -0.1) is 0 Å². The van der Waals surface area contributed by atoms with E-state index in [1.54, 1.807) is 11.8 Å². The zero-order valence-electron chi connectivity index (χ0n) is 10.6. The molecule has 1 aromatic rings. The monoisotopic (exact) mass is 285 g/mol. The van der Waals surface area contributed by atoms with Crippen LogP contribution in [0.15, 0.2) is 11.0 Å². The topological polar surface area (TPSA) is 93.2 Å². The fourth-order valence-corrected chi connectivity index (χ4v) is 2.38. The van der Waals surface area contributed by atoms with Crippen LogP contribution < -0.4 is 21.5 Å². The average molecular weight is 286 g/mol. The minimum absolute atomic E-state index is 0.0741. The lowest BCUT2D eigenvalue weighted by molar-refractivity contribution is -0.119. The van der Waals surface area contributed by atoms with Gasteiger partial charge in [0.1, 0.15) is 11.1 Å². The quantitative estimate of drug-likeness (QED) is 0.757. The Balaban J connectivity index is 2.42. The first-order valence-electron chi connectivity index (χ1n) is 6.08. The molecule has 2 heterocycles. The summed E-state index contributed by atoms with van der Waals surface area (Å²) in [6.45, 7) is 3.92. The van der Waals surface area contributed by atoms with E-state index in [2.05, 4.69) is 10.4 Å². The molecule has 1 aliphatic rings. The van der Waals surface area contributed by atoms with Crippen molar-refractivity contribution in [1.29, 1.82) is 0 Å². The van der Waals surface area contributed by atoms with Gasteiger partial charge in [-0.2, -0.15) is 5.10 Å². The first-order chi connectivity index (χ1) is 9.06. The van der Waals surface area contributed by atoms with Gasteiger partial charge in [0.15, 0.2) is 0 Å². The summed E-state index contributed by atoms with van der Waals surface area (Å²) in [7, 11) is 0. The molecule has 0 bridgehead atoms. The molecular formula is C11H16ClN5O2. The van der Waals surface area contributed by atoms with Crippen molar-refractivity contribution in [3.63, 3.8) is 0 Å². The Morgan fingerprint density at radius 3 is 3.05 bits per heavy atom. The van der Waals surface area contributed by atoms with Gasteiger partial charge < -0.3 is 16.0 Å². The molecule has 7 nitrogen and oxygen atoms in total. The van der Waals surface area contributed by atoms with Crippen molar-refractivity contribution < 1.29 is 4.79 Å². The molecule has 8 heteroatoms.